The van der Waals surface area contributed by atoms with Crippen LogP contribution < -0.4 is 0 Å². The number of hydrogen-bond acceptors (Lipinski definition) is 2. The molecule has 0 heterocycles. The molecule has 0 atom stereocenters. The van der Waals surface area contributed by atoms with E-state index >= 15 is 0 Å². The molecule has 1 rings (SSSR count). The first-order valence-electron chi connectivity index (χ1n) is 5.29. The molecule has 0 aromatic heterocycles. The zero-order valence-electron chi connectivity index (χ0n) is 9.25. The van der Waals surface area contributed by atoms with Crippen LogP contribution in [0.25, 0.3) is 0 Å². The van der Waals surface area contributed by atoms with Gasteiger partial charge in [0.2, 0.25) is 5.78 Å². The Bertz CT molecular complexity index is 349. The number of ketones is 2. The van der Waals surface area contributed by atoms with Crippen molar-refractivity contribution in [1.29, 1.82) is 0 Å². The van der Waals surface area contributed by atoms with Gasteiger partial charge in [0.1, 0.15) is 0 Å². The highest BCUT2D eigenvalue weighted by atomic mass is 16.2. The van der Waals surface area contributed by atoms with E-state index in [9.17, 15) is 9.59 Å². The van der Waals surface area contributed by atoms with E-state index in [2.05, 4.69) is 6.92 Å². The Balaban J connectivity index is 2.72. The molecule has 0 aliphatic heterocycles. The maximum atomic E-state index is 11.3. The molecule has 15 heavy (non-hydrogen) atoms. The van der Waals surface area contributed by atoms with Crippen molar-refractivity contribution < 1.29 is 9.59 Å². The Morgan fingerprint density at radius 2 is 1.73 bits per heavy atom. The van der Waals surface area contributed by atoms with Gasteiger partial charge in [0.05, 0.1) is 0 Å². The average molecular weight is 204 g/mol. The van der Waals surface area contributed by atoms with Crippen LogP contribution in [-0.4, -0.2) is 11.6 Å². The van der Waals surface area contributed by atoms with E-state index in [4.69, 9.17) is 0 Å². The molecule has 0 N–H and O–H groups in total. The summed E-state index contributed by atoms with van der Waals surface area (Å²) in [5, 5.41) is 0. The van der Waals surface area contributed by atoms with Crippen molar-refractivity contribution >= 4 is 11.6 Å². The van der Waals surface area contributed by atoms with Crippen LogP contribution >= 0.6 is 0 Å². The predicted molar refractivity (Wildman–Crippen MR) is 60.1 cm³/mol. The molecule has 80 valence electrons. The number of aryl methyl sites for hydroxylation is 1. The molecule has 0 unspecified atom stereocenters. The van der Waals surface area contributed by atoms with Gasteiger partial charge in [-0.2, -0.15) is 0 Å². The Hall–Kier alpha value is -1.44. The molecule has 0 aliphatic rings. The van der Waals surface area contributed by atoms with Crippen LogP contribution in [0.2, 0.25) is 0 Å². The summed E-state index contributed by atoms with van der Waals surface area (Å²) in [7, 11) is 0. The fourth-order valence-electron chi connectivity index (χ4n) is 1.41. The van der Waals surface area contributed by atoms with Gasteiger partial charge in [-0.3, -0.25) is 9.59 Å². The highest BCUT2D eigenvalue weighted by molar-refractivity contribution is 6.42. The first-order valence-corrected chi connectivity index (χ1v) is 5.29. The lowest BCUT2D eigenvalue weighted by atomic mass is 10.0. The molecular formula is C13H16O2. The van der Waals surface area contributed by atoms with E-state index < -0.39 is 11.6 Å². The van der Waals surface area contributed by atoms with Crippen molar-refractivity contribution in [2.75, 3.05) is 0 Å². The van der Waals surface area contributed by atoms with Crippen LogP contribution in [0, 0.1) is 0 Å². The van der Waals surface area contributed by atoms with E-state index in [-0.39, 0.29) is 0 Å². The Labute approximate surface area is 90.3 Å². The van der Waals surface area contributed by atoms with Crippen molar-refractivity contribution in [2.24, 2.45) is 0 Å². The van der Waals surface area contributed by atoms with Crippen molar-refractivity contribution in [1.82, 2.24) is 0 Å². The van der Waals surface area contributed by atoms with Crippen molar-refractivity contribution in [3.8, 4) is 0 Å². The quantitative estimate of drug-likeness (QED) is 0.546. The Morgan fingerprint density at radius 3 is 2.20 bits per heavy atom. The molecule has 2 heteroatoms. The van der Waals surface area contributed by atoms with Crippen molar-refractivity contribution in [3.05, 3.63) is 35.4 Å². The van der Waals surface area contributed by atoms with Crippen LogP contribution in [0.1, 0.15) is 42.6 Å². The second-order valence-electron chi connectivity index (χ2n) is 3.69. The minimum absolute atomic E-state index is 0.406. The summed E-state index contributed by atoms with van der Waals surface area (Å²) < 4.78 is 0. The molecule has 0 fully saturated rings. The molecule has 0 aliphatic carbocycles. The average Bonchev–Trinajstić information content (AvgIpc) is 2.26. The summed E-state index contributed by atoms with van der Waals surface area (Å²) in [6, 6.07) is 7.31. The van der Waals surface area contributed by atoms with E-state index in [0.717, 1.165) is 19.3 Å². The van der Waals surface area contributed by atoms with Gasteiger partial charge in [-0.1, -0.05) is 37.6 Å². The smallest absolute Gasteiger partial charge is 0.228 e. The van der Waals surface area contributed by atoms with Crippen molar-refractivity contribution in [2.45, 2.75) is 33.1 Å². The number of carbonyl (C=O) groups excluding carboxylic acids is 2. The SMILES string of the molecule is CCCCc1ccc(C(=O)C(C)=O)cc1. The van der Waals surface area contributed by atoms with E-state index in [0.29, 0.717) is 5.56 Å². The predicted octanol–water partition coefficient (Wildman–Crippen LogP) is 2.80. The lowest BCUT2D eigenvalue weighted by Crippen LogP contribution is -2.09. The fourth-order valence-corrected chi connectivity index (χ4v) is 1.41. The molecule has 1 aromatic rings. The zero-order valence-corrected chi connectivity index (χ0v) is 9.25. The van der Waals surface area contributed by atoms with Gasteiger partial charge in [-0.05, 0) is 18.4 Å². The summed E-state index contributed by atoms with van der Waals surface area (Å²) in [5.74, 6) is -0.812. The minimum atomic E-state index is -0.406. The van der Waals surface area contributed by atoms with Gasteiger partial charge in [0.15, 0.2) is 5.78 Å². The number of Topliss-reactive ketones (excluding diaryl/α,β-unsaturated/α-hetero) is 2. The first-order chi connectivity index (χ1) is 7.15. The molecule has 0 spiro atoms. The molecule has 0 amide bonds. The first kappa shape index (κ1) is 11.6. The lowest BCUT2D eigenvalue weighted by Gasteiger charge is -2.01. The van der Waals surface area contributed by atoms with Crippen LogP contribution in [0.15, 0.2) is 24.3 Å². The second kappa shape index (κ2) is 5.44. The molecule has 2 nitrogen and oxygen atoms in total. The van der Waals surface area contributed by atoms with E-state index in [1.807, 2.05) is 12.1 Å². The number of benzene rings is 1. The third-order valence-corrected chi connectivity index (χ3v) is 2.35. The molecule has 1 aromatic carbocycles. The third kappa shape index (κ3) is 3.31. The molecule has 0 bridgehead atoms. The largest absolute Gasteiger partial charge is 0.291 e. The highest BCUT2D eigenvalue weighted by Gasteiger charge is 2.09. The molecule has 0 saturated carbocycles. The standard InChI is InChI=1S/C13H16O2/c1-3-4-5-11-6-8-12(9-7-11)13(15)10(2)14/h6-9H,3-5H2,1-2H3. The molecule has 0 radical (unpaired) electrons. The minimum Gasteiger partial charge on any atom is -0.291 e. The number of unbranched alkanes of at least 4 members (excludes halogenated alkanes) is 1. The number of rotatable bonds is 5. The number of hydrogen-bond donors (Lipinski definition) is 0. The summed E-state index contributed by atoms with van der Waals surface area (Å²) in [6.45, 7) is 3.45. The van der Waals surface area contributed by atoms with E-state index in [1.165, 1.54) is 12.5 Å². The summed E-state index contributed by atoms with van der Waals surface area (Å²) in [6.07, 6.45) is 3.35. The Morgan fingerprint density at radius 1 is 1.13 bits per heavy atom. The Kier molecular flexibility index (Phi) is 4.22. The highest BCUT2D eigenvalue weighted by Crippen LogP contribution is 2.08. The van der Waals surface area contributed by atoms with Crippen molar-refractivity contribution in [3.63, 3.8) is 0 Å². The van der Waals surface area contributed by atoms with E-state index in [1.54, 1.807) is 12.1 Å². The fraction of sp³-hybridized carbons (Fsp3) is 0.385. The van der Waals surface area contributed by atoms with Gasteiger partial charge < -0.3 is 0 Å². The van der Waals surface area contributed by atoms with Gasteiger partial charge >= 0.3 is 0 Å². The summed E-state index contributed by atoms with van der Waals surface area (Å²) in [5.41, 5.74) is 1.71. The lowest BCUT2D eigenvalue weighted by molar-refractivity contribution is -0.113. The third-order valence-electron chi connectivity index (χ3n) is 2.35. The molecule has 0 saturated heterocycles. The van der Waals surface area contributed by atoms with Gasteiger partial charge in [-0.15, -0.1) is 0 Å². The normalized spacial score (nSPS) is 10.0. The van der Waals surface area contributed by atoms with Crippen LogP contribution in [0.3, 0.4) is 0 Å². The van der Waals surface area contributed by atoms with Crippen LogP contribution in [-0.2, 0) is 11.2 Å². The summed E-state index contributed by atoms with van der Waals surface area (Å²) >= 11 is 0. The van der Waals surface area contributed by atoms with Gasteiger partial charge in [0.25, 0.3) is 0 Å². The second-order valence-corrected chi connectivity index (χ2v) is 3.69. The monoisotopic (exact) mass is 204 g/mol. The van der Waals surface area contributed by atoms with Crippen LogP contribution in [0.4, 0.5) is 0 Å². The maximum Gasteiger partial charge on any atom is 0.228 e. The van der Waals surface area contributed by atoms with Gasteiger partial charge in [-0.25, -0.2) is 0 Å². The zero-order chi connectivity index (χ0) is 11.3. The summed E-state index contributed by atoms with van der Waals surface area (Å²) in [4.78, 5) is 22.2. The maximum absolute atomic E-state index is 11.3. The van der Waals surface area contributed by atoms with Crippen LogP contribution in [0.5, 0.6) is 0 Å². The topological polar surface area (TPSA) is 34.1 Å². The molecular weight excluding hydrogens is 188 g/mol. The van der Waals surface area contributed by atoms with Gasteiger partial charge in [0, 0.05) is 12.5 Å². The number of carbonyl (C=O) groups is 2.